The highest BCUT2D eigenvalue weighted by Gasteiger charge is 2.50. The fraction of sp³-hybridized carbons (Fsp3) is 0.250. The Morgan fingerprint density at radius 2 is 1.77 bits per heavy atom. The second-order valence-electron chi connectivity index (χ2n) is 9.00. The van der Waals surface area contributed by atoms with Crippen molar-refractivity contribution in [1.29, 1.82) is 0 Å². The number of alkyl halides is 2. The fourth-order valence-electron chi connectivity index (χ4n) is 4.88. The van der Waals surface area contributed by atoms with Gasteiger partial charge in [0.15, 0.2) is 0 Å². The van der Waals surface area contributed by atoms with Gasteiger partial charge in [-0.15, -0.1) is 0 Å². The van der Waals surface area contributed by atoms with Gasteiger partial charge in [0.25, 0.3) is 5.56 Å². The van der Waals surface area contributed by atoms with E-state index in [2.05, 4.69) is 10.8 Å². The predicted molar refractivity (Wildman–Crippen MR) is 129 cm³/mol. The first-order chi connectivity index (χ1) is 17.0. The maximum atomic E-state index is 13.9. The summed E-state index contributed by atoms with van der Waals surface area (Å²) in [6.45, 7) is 0.166. The van der Waals surface area contributed by atoms with Gasteiger partial charge in [-0.25, -0.2) is 0 Å². The minimum Gasteiger partial charge on any atom is -0.494 e. The molecule has 1 aliphatic heterocycles. The van der Waals surface area contributed by atoms with Gasteiger partial charge in [-0.2, -0.15) is 8.78 Å². The Kier molecular flexibility index (Phi) is 5.02. The number of hydrogen-bond donors (Lipinski definition) is 0. The Bertz CT molecular complexity index is 1490. The molecule has 1 saturated carbocycles. The summed E-state index contributed by atoms with van der Waals surface area (Å²) >= 11 is 0. The van der Waals surface area contributed by atoms with Crippen LogP contribution in [-0.2, 0) is 5.41 Å². The van der Waals surface area contributed by atoms with Gasteiger partial charge in [0, 0.05) is 28.3 Å². The second kappa shape index (κ2) is 8.12. The van der Waals surface area contributed by atoms with E-state index in [4.69, 9.17) is 9.47 Å². The molecule has 4 aromatic rings. The third-order valence-corrected chi connectivity index (χ3v) is 6.83. The Hall–Kier alpha value is -3.87. The van der Waals surface area contributed by atoms with Crippen molar-refractivity contribution in [3.63, 3.8) is 0 Å². The molecule has 1 fully saturated rings. The van der Waals surface area contributed by atoms with Crippen LogP contribution < -0.4 is 19.8 Å². The molecule has 35 heavy (non-hydrogen) atoms. The SMILES string of the molecule is CCOc1ccc2cc(-c3ccc4c(c3)C3(CC3)CO4)c(=O)n(-c3ccc(OC(F)F)cc3)c2c1. The van der Waals surface area contributed by atoms with Gasteiger partial charge < -0.3 is 14.2 Å². The largest absolute Gasteiger partial charge is 0.494 e. The molecule has 0 atom stereocenters. The van der Waals surface area contributed by atoms with Gasteiger partial charge in [0.05, 0.1) is 18.7 Å². The maximum Gasteiger partial charge on any atom is 0.387 e. The second-order valence-corrected chi connectivity index (χ2v) is 9.00. The Morgan fingerprint density at radius 1 is 1.00 bits per heavy atom. The van der Waals surface area contributed by atoms with Gasteiger partial charge in [0.2, 0.25) is 0 Å². The lowest BCUT2D eigenvalue weighted by atomic mass is 9.94. The van der Waals surface area contributed by atoms with Gasteiger partial charge in [-0.05, 0) is 85.3 Å². The molecule has 178 valence electrons. The van der Waals surface area contributed by atoms with Crippen molar-refractivity contribution in [3.8, 4) is 34.1 Å². The lowest BCUT2D eigenvalue weighted by Crippen LogP contribution is -2.21. The summed E-state index contributed by atoms with van der Waals surface area (Å²) in [5.74, 6) is 1.56. The van der Waals surface area contributed by atoms with E-state index in [9.17, 15) is 13.6 Å². The highest BCUT2D eigenvalue weighted by Crippen LogP contribution is 2.55. The highest BCUT2D eigenvalue weighted by atomic mass is 19.3. The molecule has 0 amide bonds. The first kappa shape index (κ1) is 21.6. The normalized spacial score (nSPS) is 15.3. The summed E-state index contributed by atoms with van der Waals surface area (Å²) in [6.07, 6.45) is 2.19. The molecular weight excluding hydrogens is 452 g/mol. The number of hydrogen-bond acceptors (Lipinski definition) is 4. The van der Waals surface area contributed by atoms with Crippen LogP contribution in [-0.4, -0.2) is 24.4 Å². The zero-order valence-electron chi connectivity index (χ0n) is 19.1. The molecule has 6 rings (SSSR count). The van der Waals surface area contributed by atoms with Crippen molar-refractivity contribution in [2.45, 2.75) is 31.8 Å². The van der Waals surface area contributed by atoms with Crippen LogP contribution in [0, 0.1) is 0 Å². The van der Waals surface area contributed by atoms with E-state index in [0.717, 1.165) is 29.5 Å². The summed E-state index contributed by atoms with van der Waals surface area (Å²) in [5.41, 5.74) is 3.63. The van der Waals surface area contributed by atoms with Crippen LogP contribution in [0.1, 0.15) is 25.3 Å². The van der Waals surface area contributed by atoms with Crippen LogP contribution in [0.5, 0.6) is 17.2 Å². The smallest absolute Gasteiger partial charge is 0.387 e. The zero-order chi connectivity index (χ0) is 24.2. The highest BCUT2D eigenvalue weighted by molar-refractivity contribution is 5.87. The van der Waals surface area contributed by atoms with E-state index in [1.54, 1.807) is 16.7 Å². The monoisotopic (exact) mass is 475 g/mol. The molecule has 1 aromatic heterocycles. The van der Waals surface area contributed by atoms with Crippen molar-refractivity contribution in [1.82, 2.24) is 4.57 Å². The van der Waals surface area contributed by atoms with Crippen molar-refractivity contribution in [3.05, 3.63) is 82.6 Å². The molecule has 7 heteroatoms. The van der Waals surface area contributed by atoms with Gasteiger partial charge >= 0.3 is 6.61 Å². The molecule has 0 saturated heterocycles. The molecule has 2 heterocycles. The number of ether oxygens (including phenoxy) is 3. The van der Waals surface area contributed by atoms with E-state index >= 15 is 0 Å². The first-order valence-electron chi connectivity index (χ1n) is 11.6. The van der Waals surface area contributed by atoms with Crippen molar-refractivity contribution < 1.29 is 23.0 Å². The minimum atomic E-state index is -2.92. The lowest BCUT2D eigenvalue weighted by molar-refractivity contribution is -0.0498. The quantitative estimate of drug-likeness (QED) is 0.339. The average molecular weight is 475 g/mol. The van der Waals surface area contributed by atoms with Crippen molar-refractivity contribution in [2.75, 3.05) is 13.2 Å². The molecule has 0 N–H and O–H groups in total. The Balaban J connectivity index is 1.54. The molecule has 1 spiro atoms. The summed E-state index contributed by atoms with van der Waals surface area (Å²) in [7, 11) is 0. The zero-order valence-corrected chi connectivity index (χ0v) is 19.1. The number of benzene rings is 3. The van der Waals surface area contributed by atoms with E-state index < -0.39 is 6.61 Å². The molecule has 0 radical (unpaired) electrons. The predicted octanol–water partition coefficient (Wildman–Crippen LogP) is 6.08. The van der Waals surface area contributed by atoms with Crippen LogP contribution in [0.4, 0.5) is 8.78 Å². The van der Waals surface area contributed by atoms with E-state index in [1.165, 1.54) is 17.7 Å². The van der Waals surface area contributed by atoms with Crippen LogP contribution in [0.15, 0.2) is 71.5 Å². The molecule has 1 aliphatic carbocycles. The van der Waals surface area contributed by atoms with Crippen molar-refractivity contribution in [2.24, 2.45) is 0 Å². The number of nitrogens with zero attached hydrogens (tertiary/aromatic N) is 1. The van der Waals surface area contributed by atoms with E-state index in [1.807, 2.05) is 43.3 Å². The molecule has 5 nitrogen and oxygen atoms in total. The van der Waals surface area contributed by atoms with E-state index in [0.29, 0.717) is 35.7 Å². The molecule has 0 unspecified atom stereocenters. The third-order valence-electron chi connectivity index (χ3n) is 6.83. The average Bonchev–Trinajstić information content (AvgIpc) is 3.55. The van der Waals surface area contributed by atoms with Crippen LogP contribution in [0.2, 0.25) is 0 Å². The van der Waals surface area contributed by atoms with E-state index in [-0.39, 0.29) is 16.7 Å². The summed E-state index contributed by atoms with van der Waals surface area (Å²) < 4.78 is 42.9. The fourth-order valence-corrected chi connectivity index (χ4v) is 4.88. The van der Waals surface area contributed by atoms with Crippen LogP contribution in [0.3, 0.4) is 0 Å². The Morgan fingerprint density at radius 3 is 2.49 bits per heavy atom. The molecule has 2 aliphatic rings. The number of rotatable bonds is 6. The summed E-state index contributed by atoms with van der Waals surface area (Å²) in [6, 6.07) is 19.5. The molecule has 3 aromatic carbocycles. The number of halogens is 2. The van der Waals surface area contributed by atoms with Crippen LogP contribution in [0.25, 0.3) is 27.7 Å². The van der Waals surface area contributed by atoms with Gasteiger partial charge in [-0.1, -0.05) is 6.07 Å². The Labute approximate surface area is 200 Å². The number of fused-ring (bicyclic) bond motifs is 3. The molecule has 0 bridgehead atoms. The topological polar surface area (TPSA) is 49.7 Å². The molecular formula is C28H23F2NO4. The lowest BCUT2D eigenvalue weighted by Gasteiger charge is -2.16. The van der Waals surface area contributed by atoms with Gasteiger partial charge in [-0.3, -0.25) is 9.36 Å². The third kappa shape index (κ3) is 3.71. The first-order valence-corrected chi connectivity index (χ1v) is 11.6. The number of pyridine rings is 1. The van der Waals surface area contributed by atoms with Crippen molar-refractivity contribution >= 4 is 10.9 Å². The summed E-state index contributed by atoms with van der Waals surface area (Å²) in [5, 5.41) is 0.855. The minimum absolute atomic E-state index is 0.0284. The number of aromatic nitrogens is 1. The van der Waals surface area contributed by atoms with Gasteiger partial charge in [0.1, 0.15) is 17.2 Å². The maximum absolute atomic E-state index is 13.9. The van der Waals surface area contributed by atoms with Crippen LogP contribution >= 0.6 is 0 Å². The standard InChI is InChI=1S/C28H23F2NO4/c1-2-33-21-7-3-18-13-22(17-4-10-25-23(14-17)28(11-12-28)16-34-25)26(32)31(24(18)15-21)19-5-8-20(9-6-19)35-27(29)30/h3-10,13-15,27H,2,11-12,16H2,1H3. The summed E-state index contributed by atoms with van der Waals surface area (Å²) in [4.78, 5) is 13.9.